The molecular formula is C50H40N2O4. The number of rotatable bonds is 4. The Balaban J connectivity index is 1.05. The third-order valence-corrected chi connectivity index (χ3v) is 12.4. The molecule has 6 aromatic rings. The summed E-state index contributed by atoms with van der Waals surface area (Å²) in [5.41, 5.74) is 14.5. The second-order valence-electron chi connectivity index (χ2n) is 16.2. The lowest BCUT2D eigenvalue weighted by Crippen LogP contribution is -2.31. The molecule has 0 amide bonds. The second kappa shape index (κ2) is 11.9. The summed E-state index contributed by atoms with van der Waals surface area (Å²) in [5, 5.41) is 0. The molecule has 6 nitrogen and oxygen atoms in total. The van der Waals surface area contributed by atoms with Crippen molar-refractivity contribution in [1.29, 1.82) is 0 Å². The smallest absolute Gasteiger partial charge is 0.348 e. The van der Waals surface area contributed by atoms with Gasteiger partial charge in [-0.05, 0) is 104 Å². The molecule has 4 aliphatic heterocycles. The molecule has 0 bridgehead atoms. The molecule has 4 aliphatic rings. The predicted octanol–water partition coefficient (Wildman–Crippen LogP) is 11.1. The van der Waals surface area contributed by atoms with Gasteiger partial charge in [0, 0.05) is 47.7 Å². The number of carbonyl (C=O) groups is 2. The third-order valence-electron chi connectivity index (χ3n) is 12.4. The molecule has 0 atom stereocenters. The van der Waals surface area contributed by atoms with E-state index in [2.05, 4.69) is 149 Å². The van der Waals surface area contributed by atoms with Crippen LogP contribution in [-0.2, 0) is 29.9 Å². The van der Waals surface area contributed by atoms with Crippen LogP contribution < -0.4 is 9.80 Å². The quantitative estimate of drug-likeness (QED) is 0.168. The topological polar surface area (TPSA) is 59.1 Å². The summed E-state index contributed by atoms with van der Waals surface area (Å²) < 4.78 is 11.9. The summed E-state index contributed by atoms with van der Waals surface area (Å²) in [7, 11) is 4.15. The predicted molar refractivity (Wildman–Crippen MR) is 223 cm³/mol. The number of hydrogen-bond donors (Lipinski definition) is 0. The molecule has 0 unspecified atom stereocenters. The van der Waals surface area contributed by atoms with Gasteiger partial charge in [-0.25, -0.2) is 9.59 Å². The van der Waals surface area contributed by atoms with E-state index in [0.29, 0.717) is 11.1 Å². The Morgan fingerprint density at radius 3 is 1.04 bits per heavy atom. The molecule has 0 spiro atoms. The van der Waals surface area contributed by atoms with Gasteiger partial charge in [0.05, 0.1) is 0 Å². The van der Waals surface area contributed by atoms with Gasteiger partial charge < -0.3 is 19.3 Å². The van der Waals surface area contributed by atoms with Crippen LogP contribution >= 0.6 is 0 Å². The van der Waals surface area contributed by atoms with Gasteiger partial charge in [0.2, 0.25) is 0 Å². The largest absolute Gasteiger partial charge is 0.418 e. The Bertz CT molecular complexity index is 2570. The molecule has 0 radical (unpaired) electrons. The number of ether oxygens (including phenoxy) is 2. The first-order chi connectivity index (χ1) is 26.9. The monoisotopic (exact) mass is 732 g/mol. The molecule has 0 aromatic heterocycles. The molecular weight excluding hydrogens is 693 g/mol. The highest BCUT2D eigenvalue weighted by Gasteiger charge is 2.46. The van der Waals surface area contributed by atoms with Gasteiger partial charge in [-0.3, -0.25) is 0 Å². The summed E-state index contributed by atoms with van der Waals surface area (Å²) in [6.07, 6.45) is 0. The van der Waals surface area contributed by atoms with Crippen molar-refractivity contribution >= 4 is 45.8 Å². The lowest BCUT2D eigenvalue weighted by molar-refractivity contribution is -0.131. The highest BCUT2D eigenvalue weighted by Crippen LogP contribution is 2.53. The number of fused-ring (bicyclic) bond motifs is 5. The van der Waals surface area contributed by atoms with Crippen LogP contribution in [0.3, 0.4) is 0 Å². The van der Waals surface area contributed by atoms with Crippen LogP contribution in [0.15, 0.2) is 145 Å². The van der Waals surface area contributed by atoms with Gasteiger partial charge in [0.25, 0.3) is 0 Å². The molecule has 10 rings (SSSR count). The number of esters is 2. The normalized spacial score (nSPS) is 17.2. The number of carbonyl (C=O) groups excluding carboxylic acids is 2. The summed E-state index contributed by atoms with van der Waals surface area (Å²) in [5.74, 6) is -0.714. The fraction of sp³-hybridized carbons (Fsp3) is 0.160. The van der Waals surface area contributed by atoms with Crippen LogP contribution in [0, 0.1) is 0 Å². The van der Waals surface area contributed by atoms with E-state index in [4.69, 9.17) is 9.47 Å². The molecule has 0 aliphatic carbocycles. The van der Waals surface area contributed by atoms with Crippen molar-refractivity contribution in [3.8, 4) is 22.3 Å². The van der Waals surface area contributed by atoms with E-state index in [-0.39, 0.29) is 22.7 Å². The molecule has 4 heterocycles. The number of benzene rings is 6. The third kappa shape index (κ3) is 4.81. The zero-order chi connectivity index (χ0) is 38.7. The van der Waals surface area contributed by atoms with E-state index in [9.17, 15) is 9.59 Å². The van der Waals surface area contributed by atoms with E-state index in [1.165, 1.54) is 11.1 Å². The molecule has 56 heavy (non-hydrogen) atoms. The first-order valence-electron chi connectivity index (χ1n) is 19.0. The van der Waals surface area contributed by atoms with Crippen molar-refractivity contribution in [2.45, 2.75) is 38.5 Å². The van der Waals surface area contributed by atoms with Crippen LogP contribution in [0.2, 0.25) is 0 Å². The van der Waals surface area contributed by atoms with Gasteiger partial charge >= 0.3 is 11.9 Å². The van der Waals surface area contributed by atoms with Crippen molar-refractivity contribution < 1.29 is 19.1 Å². The summed E-state index contributed by atoms with van der Waals surface area (Å²) in [6, 6.07) is 46.1. The lowest BCUT2D eigenvalue weighted by atomic mass is 9.72. The first kappa shape index (κ1) is 33.9. The van der Waals surface area contributed by atoms with Crippen LogP contribution in [-0.4, -0.2) is 26.0 Å². The van der Waals surface area contributed by atoms with E-state index < -0.39 is 22.8 Å². The standard InChI is InChI=1S/C50H40N2O4/c1-49(2)35-25-31(29-13-9-7-10-14-29)17-21-39(35)51(5)41-23-19-33(27-37(41)49)43-45-46(56-47(43)53)44(48(54)55-45)34-20-24-42-38(28-34)50(3,4)36-26-32(18-22-40(36)52(42)6)30-15-11-8-12-16-30/h7-28H,1-6H3. The van der Waals surface area contributed by atoms with Gasteiger partial charge in [0.15, 0.2) is 11.5 Å². The Kier molecular flexibility index (Phi) is 7.21. The molecule has 0 N–H and O–H groups in total. The zero-order valence-electron chi connectivity index (χ0n) is 32.2. The van der Waals surface area contributed by atoms with Gasteiger partial charge in [-0.2, -0.15) is 0 Å². The molecule has 6 heteroatoms. The van der Waals surface area contributed by atoms with E-state index in [1.54, 1.807) is 0 Å². The molecule has 6 aromatic carbocycles. The Hall–Kier alpha value is -6.66. The minimum Gasteiger partial charge on any atom is -0.418 e. The van der Waals surface area contributed by atoms with Crippen molar-refractivity contribution in [3.05, 3.63) is 178 Å². The van der Waals surface area contributed by atoms with Crippen molar-refractivity contribution in [2.75, 3.05) is 23.9 Å². The van der Waals surface area contributed by atoms with Crippen LogP contribution in [0.4, 0.5) is 22.7 Å². The number of nitrogens with zero attached hydrogens (tertiary/aromatic N) is 2. The fourth-order valence-electron chi connectivity index (χ4n) is 9.19. The van der Waals surface area contributed by atoms with E-state index >= 15 is 0 Å². The van der Waals surface area contributed by atoms with Crippen LogP contribution in [0.25, 0.3) is 33.4 Å². The maximum Gasteiger partial charge on any atom is 0.348 e. The molecule has 274 valence electrons. The summed E-state index contributed by atoms with van der Waals surface area (Å²) in [6.45, 7) is 8.87. The average molecular weight is 733 g/mol. The van der Waals surface area contributed by atoms with E-state index in [1.807, 2.05) is 36.4 Å². The number of anilines is 4. The van der Waals surface area contributed by atoms with Gasteiger partial charge in [-0.15, -0.1) is 0 Å². The molecule has 0 saturated heterocycles. The second-order valence-corrected chi connectivity index (χ2v) is 16.2. The van der Waals surface area contributed by atoms with Crippen molar-refractivity contribution in [1.82, 2.24) is 0 Å². The van der Waals surface area contributed by atoms with Crippen molar-refractivity contribution in [3.63, 3.8) is 0 Å². The van der Waals surface area contributed by atoms with Gasteiger partial charge in [-0.1, -0.05) is 113 Å². The highest BCUT2D eigenvalue weighted by atomic mass is 16.6. The lowest BCUT2D eigenvalue weighted by Gasteiger charge is -2.41. The maximum absolute atomic E-state index is 13.8. The average Bonchev–Trinajstić information content (AvgIpc) is 3.70. The fourth-order valence-corrected chi connectivity index (χ4v) is 9.19. The zero-order valence-corrected chi connectivity index (χ0v) is 32.2. The summed E-state index contributed by atoms with van der Waals surface area (Å²) >= 11 is 0. The highest BCUT2D eigenvalue weighted by molar-refractivity contribution is 6.29. The first-order valence-corrected chi connectivity index (χ1v) is 19.0. The molecule has 0 saturated carbocycles. The minimum atomic E-state index is -0.533. The number of hydrogen-bond acceptors (Lipinski definition) is 6. The summed E-state index contributed by atoms with van der Waals surface area (Å²) in [4.78, 5) is 32.0. The SMILES string of the molecule is CN1c2ccc(C3=C4OC(=O)C(c5ccc6c(c5)C(C)(C)c5cc(-c7ccccc7)ccc5N6C)=C4OC3=O)cc2C(C)(C)c2cc(-c3ccccc3)ccc21. The Morgan fingerprint density at radius 1 is 0.393 bits per heavy atom. The van der Waals surface area contributed by atoms with Crippen LogP contribution in [0.5, 0.6) is 0 Å². The van der Waals surface area contributed by atoms with Crippen molar-refractivity contribution in [2.24, 2.45) is 0 Å². The van der Waals surface area contributed by atoms with Crippen LogP contribution in [0.1, 0.15) is 61.1 Å². The molecule has 0 fully saturated rings. The maximum atomic E-state index is 13.8. The Morgan fingerprint density at radius 2 is 0.696 bits per heavy atom. The minimum absolute atomic E-state index is 0.177. The van der Waals surface area contributed by atoms with E-state index in [0.717, 1.165) is 56.1 Å². The Labute approximate surface area is 326 Å². The van der Waals surface area contributed by atoms with Gasteiger partial charge in [0.1, 0.15) is 11.1 Å².